The number of methoxy groups -OCH3 is 1. The number of piperidine rings is 1. The Morgan fingerprint density at radius 1 is 1.19 bits per heavy atom. The SMILES string of the molecule is COc1cc(OCC2CC2)c(-c2ccnc3c(C(=O)NC4CCN(C(=O)CO)CC4)c(C)[nH]c23)cc1F. The number of aromatic nitrogens is 2. The number of pyridine rings is 1. The van der Waals surface area contributed by atoms with Crippen LogP contribution in [-0.2, 0) is 4.79 Å². The summed E-state index contributed by atoms with van der Waals surface area (Å²) in [6.45, 7) is 2.81. The van der Waals surface area contributed by atoms with Crippen molar-refractivity contribution in [2.75, 3.05) is 33.4 Å². The van der Waals surface area contributed by atoms with Crippen LogP contribution in [0.25, 0.3) is 22.2 Å². The smallest absolute Gasteiger partial charge is 0.255 e. The fraction of sp³-hybridized carbons (Fsp3) is 0.444. The van der Waals surface area contributed by atoms with Crippen LogP contribution in [0.1, 0.15) is 41.7 Å². The molecule has 0 spiro atoms. The third-order valence-electron chi connectivity index (χ3n) is 7.14. The van der Waals surface area contributed by atoms with Gasteiger partial charge in [-0.3, -0.25) is 14.6 Å². The Morgan fingerprint density at radius 2 is 1.95 bits per heavy atom. The lowest BCUT2D eigenvalue weighted by Crippen LogP contribution is -2.47. The molecule has 2 fully saturated rings. The molecule has 0 bridgehead atoms. The van der Waals surface area contributed by atoms with Gasteiger partial charge in [0, 0.05) is 48.2 Å². The fourth-order valence-electron chi connectivity index (χ4n) is 4.85. The van der Waals surface area contributed by atoms with Crippen LogP contribution in [0.15, 0.2) is 24.4 Å². The minimum atomic E-state index is -0.509. The average Bonchev–Trinajstić information content (AvgIpc) is 3.67. The van der Waals surface area contributed by atoms with Gasteiger partial charge in [0.15, 0.2) is 11.6 Å². The second-order valence-corrected chi connectivity index (χ2v) is 9.73. The zero-order valence-electron chi connectivity index (χ0n) is 21.0. The van der Waals surface area contributed by atoms with Crippen LogP contribution in [0.3, 0.4) is 0 Å². The predicted molar refractivity (Wildman–Crippen MR) is 135 cm³/mol. The van der Waals surface area contributed by atoms with E-state index in [1.165, 1.54) is 13.2 Å². The van der Waals surface area contributed by atoms with Crippen LogP contribution in [-0.4, -0.2) is 71.2 Å². The molecule has 2 aliphatic rings. The highest BCUT2D eigenvalue weighted by molar-refractivity contribution is 6.09. The first-order valence-electron chi connectivity index (χ1n) is 12.6. The molecule has 9 nitrogen and oxygen atoms in total. The van der Waals surface area contributed by atoms with Crippen molar-refractivity contribution < 1.29 is 28.6 Å². The number of halogens is 1. The van der Waals surface area contributed by atoms with E-state index in [1.54, 1.807) is 23.2 Å². The van der Waals surface area contributed by atoms with E-state index < -0.39 is 12.4 Å². The molecule has 2 amide bonds. The van der Waals surface area contributed by atoms with Crippen molar-refractivity contribution in [1.82, 2.24) is 20.2 Å². The van der Waals surface area contributed by atoms with E-state index in [1.807, 2.05) is 6.92 Å². The van der Waals surface area contributed by atoms with Gasteiger partial charge in [0.05, 0.1) is 24.8 Å². The predicted octanol–water partition coefficient (Wildman–Crippen LogP) is 3.19. The van der Waals surface area contributed by atoms with Crippen LogP contribution in [0, 0.1) is 18.7 Å². The molecule has 1 aliphatic heterocycles. The van der Waals surface area contributed by atoms with E-state index in [0.29, 0.717) is 77.6 Å². The third kappa shape index (κ3) is 5.11. The Balaban J connectivity index is 1.44. The molecule has 3 aromatic rings. The van der Waals surface area contributed by atoms with Gasteiger partial charge in [-0.05, 0) is 50.7 Å². The van der Waals surface area contributed by atoms with E-state index in [-0.39, 0.29) is 23.6 Å². The maximum Gasteiger partial charge on any atom is 0.255 e. The van der Waals surface area contributed by atoms with E-state index >= 15 is 0 Å². The molecule has 0 atom stereocenters. The topological polar surface area (TPSA) is 117 Å². The van der Waals surface area contributed by atoms with Crippen molar-refractivity contribution in [3.63, 3.8) is 0 Å². The lowest BCUT2D eigenvalue weighted by Gasteiger charge is -2.32. The molecule has 3 heterocycles. The lowest BCUT2D eigenvalue weighted by atomic mass is 10.0. The highest BCUT2D eigenvalue weighted by Crippen LogP contribution is 2.40. The van der Waals surface area contributed by atoms with Crippen LogP contribution < -0.4 is 14.8 Å². The van der Waals surface area contributed by atoms with Crippen molar-refractivity contribution in [3.8, 4) is 22.6 Å². The van der Waals surface area contributed by atoms with Gasteiger partial charge in [0.1, 0.15) is 17.9 Å². The number of H-pyrrole nitrogens is 1. The summed E-state index contributed by atoms with van der Waals surface area (Å²) in [6, 6.07) is 4.64. The zero-order chi connectivity index (χ0) is 26.1. The molecule has 1 saturated heterocycles. The van der Waals surface area contributed by atoms with Crippen molar-refractivity contribution in [2.45, 2.75) is 38.6 Å². The van der Waals surface area contributed by atoms with Gasteiger partial charge in [-0.2, -0.15) is 0 Å². The van der Waals surface area contributed by atoms with E-state index in [2.05, 4.69) is 15.3 Å². The Morgan fingerprint density at radius 3 is 2.62 bits per heavy atom. The Labute approximate surface area is 214 Å². The number of nitrogens with zero attached hydrogens (tertiary/aromatic N) is 2. The molecule has 1 aliphatic carbocycles. The highest BCUT2D eigenvalue weighted by atomic mass is 19.1. The molecule has 2 aromatic heterocycles. The van der Waals surface area contributed by atoms with E-state index in [4.69, 9.17) is 14.6 Å². The van der Waals surface area contributed by atoms with Crippen molar-refractivity contribution in [2.24, 2.45) is 5.92 Å². The molecule has 10 heteroatoms. The van der Waals surface area contributed by atoms with Gasteiger partial charge in [0.25, 0.3) is 5.91 Å². The summed E-state index contributed by atoms with van der Waals surface area (Å²) < 4.78 is 26.0. The summed E-state index contributed by atoms with van der Waals surface area (Å²) in [4.78, 5) is 34.4. The summed E-state index contributed by atoms with van der Waals surface area (Å²) >= 11 is 0. The minimum absolute atomic E-state index is 0.0964. The number of fused-ring (bicyclic) bond motifs is 1. The Hall–Kier alpha value is -3.66. The standard InChI is InChI=1S/C27H31FN4O5/c1-15-24(27(35)31-17-6-9-32(10-7-17)23(34)13-33)26-25(30-15)18(5-8-29-26)19-11-20(28)22(36-2)12-21(19)37-14-16-3-4-16/h5,8,11-12,16-17,30,33H,3-4,6-7,9-10,13-14H2,1-2H3,(H,31,35). The second kappa shape index (κ2) is 10.4. The number of carbonyl (C=O) groups excluding carboxylic acids is 2. The molecule has 1 saturated carbocycles. The highest BCUT2D eigenvalue weighted by Gasteiger charge is 2.27. The second-order valence-electron chi connectivity index (χ2n) is 9.73. The number of ether oxygens (including phenoxy) is 2. The van der Waals surface area contributed by atoms with Gasteiger partial charge < -0.3 is 29.8 Å². The zero-order valence-corrected chi connectivity index (χ0v) is 21.0. The first kappa shape index (κ1) is 25.0. The van der Waals surface area contributed by atoms with Crippen molar-refractivity contribution >= 4 is 22.8 Å². The number of likely N-dealkylation sites (tertiary alicyclic amines) is 1. The number of aliphatic hydroxyl groups excluding tert-OH is 1. The lowest BCUT2D eigenvalue weighted by molar-refractivity contribution is -0.135. The van der Waals surface area contributed by atoms with Crippen LogP contribution in [0.4, 0.5) is 4.39 Å². The quantitative estimate of drug-likeness (QED) is 0.429. The maximum absolute atomic E-state index is 14.8. The normalized spacial score (nSPS) is 16.2. The third-order valence-corrected chi connectivity index (χ3v) is 7.14. The summed E-state index contributed by atoms with van der Waals surface area (Å²) in [5, 5.41) is 12.1. The number of aliphatic hydroxyl groups is 1. The first-order chi connectivity index (χ1) is 17.9. The Kier molecular flexibility index (Phi) is 7.01. The number of carbonyl (C=O) groups is 2. The average molecular weight is 511 g/mol. The summed E-state index contributed by atoms with van der Waals surface area (Å²) in [6.07, 6.45) is 5.05. The molecular weight excluding hydrogens is 479 g/mol. The van der Waals surface area contributed by atoms with Gasteiger partial charge in [0.2, 0.25) is 5.91 Å². The fourth-order valence-corrected chi connectivity index (χ4v) is 4.85. The number of amides is 2. The monoisotopic (exact) mass is 510 g/mol. The molecule has 1 aromatic carbocycles. The number of benzene rings is 1. The molecule has 3 N–H and O–H groups in total. The largest absolute Gasteiger partial charge is 0.494 e. The number of rotatable bonds is 8. The summed E-state index contributed by atoms with van der Waals surface area (Å²) in [5.41, 5.74) is 3.42. The van der Waals surface area contributed by atoms with Crippen LogP contribution in [0.5, 0.6) is 11.5 Å². The molecule has 0 unspecified atom stereocenters. The molecular formula is C27H31FN4O5. The van der Waals surface area contributed by atoms with Gasteiger partial charge in [-0.1, -0.05) is 0 Å². The van der Waals surface area contributed by atoms with Gasteiger partial charge >= 0.3 is 0 Å². The molecule has 37 heavy (non-hydrogen) atoms. The van der Waals surface area contributed by atoms with Crippen molar-refractivity contribution in [3.05, 3.63) is 41.5 Å². The first-order valence-corrected chi connectivity index (χ1v) is 12.6. The maximum atomic E-state index is 14.8. The van der Waals surface area contributed by atoms with E-state index in [9.17, 15) is 14.0 Å². The van der Waals surface area contributed by atoms with Crippen molar-refractivity contribution in [1.29, 1.82) is 0 Å². The van der Waals surface area contributed by atoms with Crippen LogP contribution in [0.2, 0.25) is 0 Å². The van der Waals surface area contributed by atoms with Crippen LogP contribution >= 0.6 is 0 Å². The molecule has 5 rings (SSSR count). The van der Waals surface area contributed by atoms with Gasteiger partial charge in [-0.25, -0.2) is 4.39 Å². The number of aromatic amines is 1. The number of hydrogen-bond donors (Lipinski definition) is 3. The molecule has 0 radical (unpaired) electrons. The number of hydrogen-bond acceptors (Lipinski definition) is 6. The number of aryl methyl sites for hydroxylation is 1. The van der Waals surface area contributed by atoms with Gasteiger partial charge in [-0.15, -0.1) is 0 Å². The summed E-state index contributed by atoms with van der Waals surface area (Å²) in [7, 11) is 1.42. The van der Waals surface area contributed by atoms with E-state index in [0.717, 1.165) is 12.8 Å². The Bertz CT molecular complexity index is 1330. The number of nitrogens with one attached hydrogen (secondary N) is 2. The summed E-state index contributed by atoms with van der Waals surface area (Å²) in [5.74, 6) is 0.0665. The minimum Gasteiger partial charge on any atom is -0.494 e. The molecule has 196 valence electrons.